The molecule has 20 heavy (non-hydrogen) atoms. The summed E-state index contributed by atoms with van der Waals surface area (Å²) in [6, 6.07) is 0. The standard InChI is InChI=1S/C17H30O3/c1-14(2)17(19-5,20-6)12-10-15(3)8-7-9-16(4)11-13-18/h8,11,18H,1,7,9-10,12-13H2,2-6H3/b15-8+,16-11+. The number of hydrogen-bond donors (Lipinski definition) is 1. The molecule has 0 atom stereocenters. The molecule has 0 aromatic carbocycles. The first kappa shape index (κ1) is 19.1. The molecule has 0 heterocycles. The van der Waals surface area contributed by atoms with E-state index in [-0.39, 0.29) is 6.61 Å². The largest absolute Gasteiger partial charge is 0.392 e. The number of methoxy groups -OCH3 is 2. The van der Waals surface area contributed by atoms with Gasteiger partial charge in [-0.05, 0) is 45.6 Å². The summed E-state index contributed by atoms with van der Waals surface area (Å²) < 4.78 is 11.0. The fourth-order valence-corrected chi connectivity index (χ4v) is 2.12. The lowest BCUT2D eigenvalue weighted by molar-refractivity contribution is -0.181. The highest BCUT2D eigenvalue weighted by Gasteiger charge is 2.29. The molecule has 0 spiro atoms. The molecule has 0 aromatic rings. The minimum absolute atomic E-state index is 0.122. The van der Waals surface area contributed by atoms with Crippen LogP contribution in [0.2, 0.25) is 0 Å². The van der Waals surface area contributed by atoms with E-state index in [1.165, 1.54) is 11.1 Å². The first-order valence-electron chi connectivity index (χ1n) is 7.10. The fourth-order valence-electron chi connectivity index (χ4n) is 2.12. The molecule has 0 saturated carbocycles. The number of allylic oxidation sites excluding steroid dienone is 3. The third-order valence-electron chi connectivity index (χ3n) is 3.63. The minimum Gasteiger partial charge on any atom is -0.392 e. The molecule has 0 aliphatic rings. The molecule has 0 unspecified atom stereocenters. The monoisotopic (exact) mass is 282 g/mol. The van der Waals surface area contributed by atoms with Crippen LogP contribution in [-0.2, 0) is 9.47 Å². The van der Waals surface area contributed by atoms with Crippen molar-refractivity contribution < 1.29 is 14.6 Å². The average Bonchev–Trinajstić information content (AvgIpc) is 2.40. The van der Waals surface area contributed by atoms with Gasteiger partial charge < -0.3 is 14.6 Å². The Bertz CT molecular complexity index is 349. The quantitative estimate of drug-likeness (QED) is 0.486. The third kappa shape index (κ3) is 6.51. The van der Waals surface area contributed by atoms with E-state index >= 15 is 0 Å². The van der Waals surface area contributed by atoms with Crippen LogP contribution in [0.5, 0.6) is 0 Å². The Morgan fingerprint density at radius 2 is 1.60 bits per heavy atom. The van der Waals surface area contributed by atoms with Crippen LogP contribution in [-0.4, -0.2) is 31.7 Å². The van der Waals surface area contributed by atoms with Gasteiger partial charge in [0.1, 0.15) is 0 Å². The summed E-state index contributed by atoms with van der Waals surface area (Å²) in [5.74, 6) is -0.679. The van der Waals surface area contributed by atoms with Gasteiger partial charge in [0.15, 0.2) is 5.79 Å². The smallest absolute Gasteiger partial charge is 0.189 e. The van der Waals surface area contributed by atoms with Crippen molar-refractivity contribution in [2.75, 3.05) is 20.8 Å². The van der Waals surface area contributed by atoms with Crippen molar-refractivity contribution >= 4 is 0 Å². The van der Waals surface area contributed by atoms with Gasteiger partial charge in [0.05, 0.1) is 6.61 Å². The molecule has 0 bridgehead atoms. The molecule has 1 N–H and O–H groups in total. The molecule has 0 aliphatic heterocycles. The summed E-state index contributed by atoms with van der Waals surface area (Å²) in [6.45, 7) is 10.2. The summed E-state index contributed by atoms with van der Waals surface area (Å²) in [7, 11) is 3.31. The van der Waals surface area contributed by atoms with Crippen LogP contribution in [0.1, 0.15) is 46.5 Å². The first-order valence-corrected chi connectivity index (χ1v) is 7.10. The van der Waals surface area contributed by atoms with Crippen LogP contribution in [0, 0.1) is 0 Å². The van der Waals surface area contributed by atoms with Gasteiger partial charge in [-0.25, -0.2) is 0 Å². The van der Waals surface area contributed by atoms with E-state index in [4.69, 9.17) is 14.6 Å². The summed E-state index contributed by atoms with van der Waals surface area (Å²) in [5.41, 5.74) is 3.43. The zero-order valence-electron chi connectivity index (χ0n) is 13.7. The maximum atomic E-state index is 8.80. The van der Waals surface area contributed by atoms with Crippen LogP contribution >= 0.6 is 0 Å². The first-order chi connectivity index (χ1) is 9.41. The van der Waals surface area contributed by atoms with E-state index in [0.29, 0.717) is 0 Å². The normalized spacial score (nSPS) is 13.7. The van der Waals surface area contributed by atoms with Crippen molar-refractivity contribution in [1.82, 2.24) is 0 Å². The lowest BCUT2D eigenvalue weighted by Crippen LogP contribution is -2.34. The van der Waals surface area contributed by atoms with Gasteiger partial charge in [-0.15, -0.1) is 0 Å². The van der Waals surface area contributed by atoms with Gasteiger partial charge >= 0.3 is 0 Å². The molecule has 0 radical (unpaired) electrons. The summed E-state index contributed by atoms with van der Waals surface area (Å²) in [5, 5.41) is 8.80. The number of ether oxygens (including phenoxy) is 2. The maximum Gasteiger partial charge on any atom is 0.189 e. The van der Waals surface area contributed by atoms with E-state index in [9.17, 15) is 0 Å². The van der Waals surface area contributed by atoms with Gasteiger partial charge in [0, 0.05) is 20.6 Å². The molecule has 0 saturated heterocycles. The maximum absolute atomic E-state index is 8.80. The highest BCUT2D eigenvalue weighted by Crippen LogP contribution is 2.28. The van der Waals surface area contributed by atoms with Gasteiger partial charge in [0.25, 0.3) is 0 Å². The van der Waals surface area contributed by atoms with Gasteiger partial charge in [-0.3, -0.25) is 0 Å². The van der Waals surface area contributed by atoms with E-state index in [1.54, 1.807) is 14.2 Å². The Hall–Kier alpha value is -0.900. The van der Waals surface area contributed by atoms with Gasteiger partial charge in [-0.1, -0.05) is 29.9 Å². The molecule has 0 fully saturated rings. The number of hydrogen-bond acceptors (Lipinski definition) is 3. The second-order valence-electron chi connectivity index (χ2n) is 5.26. The topological polar surface area (TPSA) is 38.7 Å². The van der Waals surface area contributed by atoms with Gasteiger partial charge in [0.2, 0.25) is 0 Å². The molecule has 0 aliphatic carbocycles. The van der Waals surface area contributed by atoms with Crippen LogP contribution < -0.4 is 0 Å². The van der Waals surface area contributed by atoms with E-state index in [1.807, 2.05) is 19.9 Å². The van der Waals surface area contributed by atoms with Gasteiger partial charge in [-0.2, -0.15) is 0 Å². The van der Waals surface area contributed by atoms with E-state index in [0.717, 1.165) is 31.3 Å². The zero-order chi connectivity index (χ0) is 15.6. The minimum atomic E-state index is -0.679. The average molecular weight is 282 g/mol. The zero-order valence-corrected chi connectivity index (χ0v) is 13.7. The summed E-state index contributed by atoms with van der Waals surface area (Å²) in [4.78, 5) is 0. The number of aliphatic hydroxyl groups is 1. The van der Waals surface area contributed by atoms with Crippen LogP contribution in [0.3, 0.4) is 0 Å². The second kappa shape index (κ2) is 9.92. The fraction of sp³-hybridized carbons (Fsp3) is 0.647. The van der Waals surface area contributed by atoms with Crippen molar-refractivity contribution in [1.29, 1.82) is 0 Å². The lowest BCUT2D eigenvalue weighted by Gasteiger charge is -2.31. The third-order valence-corrected chi connectivity index (χ3v) is 3.63. The second-order valence-corrected chi connectivity index (χ2v) is 5.26. The van der Waals surface area contributed by atoms with Crippen molar-refractivity contribution in [3.05, 3.63) is 35.5 Å². The summed E-state index contributed by atoms with van der Waals surface area (Å²) >= 11 is 0. The Morgan fingerprint density at radius 3 is 2.05 bits per heavy atom. The SMILES string of the molecule is C=C(C)C(CC/C(C)=C/CC/C(C)=C/CO)(OC)OC. The predicted molar refractivity (Wildman–Crippen MR) is 84.6 cm³/mol. The molecule has 3 nitrogen and oxygen atoms in total. The van der Waals surface area contributed by atoms with E-state index < -0.39 is 5.79 Å². The predicted octanol–water partition coefficient (Wildman–Crippen LogP) is 4.00. The molecule has 0 aromatic heterocycles. The van der Waals surface area contributed by atoms with Crippen molar-refractivity contribution in [3.63, 3.8) is 0 Å². The molecule has 0 amide bonds. The molecule has 116 valence electrons. The Balaban J connectivity index is 4.36. The Labute approximate surface area is 124 Å². The van der Waals surface area contributed by atoms with Crippen LogP contribution in [0.15, 0.2) is 35.5 Å². The highest BCUT2D eigenvalue weighted by atomic mass is 16.7. The molecule has 0 rings (SSSR count). The Kier molecular flexibility index (Phi) is 9.47. The molecule has 3 heteroatoms. The highest BCUT2D eigenvalue weighted by molar-refractivity contribution is 5.09. The number of aliphatic hydroxyl groups excluding tert-OH is 1. The Morgan fingerprint density at radius 1 is 1.05 bits per heavy atom. The van der Waals surface area contributed by atoms with Crippen LogP contribution in [0.25, 0.3) is 0 Å². The van der Waals surface area contributed by atoms with Crippen molar-refractivity contribution in [2.24, 2.45) is 0 Å². The molecular weight excluding hydrogens is 252 g/mol. The summed E-state index contributed by atoms with van der Waals surface area (Å²) in [6.07, 6.45) is 7.75. The number of rotatable bonds is 10. The van der Waals surface area contributed by atoms with Crippen molar-refractivity contribution in [3.8, 4) is 0 Å². The van der Waals surface area contributed by atoms with E-state index in [2.05, 4.69) is 19.6 Å². The lowest BCUT2D eigenvalue weighted by atomic mass is 9.99. The van der Waals surface area contributed by atoms with Crippen molar-refractivity contribution in [2.45, 2.75) is 52.2 Å². The van der Waals surface area contributed by atoms with Crippen LogP contribution in [0.4, 0.5) is 0 Å². The molecular formula is C17H30O3.